The van der Waals surface area contributed by atoms with Crippen molar-refractivity contribution in [3.05, 3.63) is 88.1 Å². The molecule has 0 atom stereocenters. The van der Waals surface area contributed by atoms with Crippen molar-refractivity contribution < 1.29 is 23.4 Å². The average Bonchev–Trinajstić information content (AvgIpc) is 3.04. The number of hydrogen-bond acceptors (Lipinski definition) is 3. The molecule has 3 aromatic rings. The third-order valence-electron chi connectivity index (χ3n) is 4.04. The lowest BCUT2D eigenvalue weighted by molar-refractivity contribution is 0.0660. The zero-order valence-corrected chi connectivity index (χ0v) is 14.6. The van der Waals surface area contributed by atoms with Gasteiger partial charge < -0.3 is 14.3 Å². The minimum atomic E-state index is -1.10. The van der Waals surface area contributed by atoms with Gasteiger partial charge in [0, 0.05) is 17.5 Å². The Morgan fingerprint density at radius 1 is 1.04 bits per heavy atom. The van der Waals surface area contributed by atoms with Gasteiger partial charge in [0.15, 0.2) is 0 Å². The van der Waals surface area contributed by atoms with Crippen LogP contribution in [0.4, 0.5) is 4.39 Å². The summed E-state index contributed by atoms with van der Waals surface area (Å²) in [5, 5.41) is 8.96. The van der Waals surface area contributed by atoms with E-state index in [-0.39, 0.29) is 18.2 Å². The topological polar surface area (TPSA) is 59.7 Å². The maximum absolute atomic E-state index is 14.0. The summed E-state index contributed by atoms with van der Waals surface area (Å²) in [5.41, 5.74) is 3.23. The van der Waals surface area contributed by atoms with Gasteiger partial charge in [-0.15, -0.1) is 0 Å². The number of carboxylic acids is 1. The number of carbonyl (C=O) groups is 1. The minimum absolute atomic E-state index is 0.100. The van der Waals surface area contributed by atoms with Crippen molar-refractivity contribution in [3.63, 3.8) is 0 Å². The molecule has 4 nitrogen and oxygen atoms in total. The Balaban J connectivity index is 1.79. The third kappa shape index (κ3) is 4.11. The highest BCUT2D eigenvalue weighted by molar-refractivity contribution is 5.84. The Morgan fingerprint density at radius 2 is 1.77 bits per heavy atom. The highest BCUT2D eigenvalue weighted by Crippen LogP contribution is 2.25. The number of rotatable bonds is 6. The fraction of sp³-hybridized carbons (Fsp3) is 0.190. The molecule has 5 heteroatoms. The zero-order valence-electron chi connectivity index (χ0n) is 14.6. The molecule has 3 rings (SSSR count). The molecule has 2 aromatic carbocycles. The van der Waals surface area contributed by atoms with Gasteiger partial charge in [-0.2, -0.15) is 0 Å². The third-order valence-corrected chi connectivity index (χ3v) is 4.04. The van der Waals surface area contributed by atoms with Crippen LogP contribution in [0.1, 0.15) is 38.6 Å². The SMILES string of the molecule is Cc1ccc(COc2ccc(C)cc2Cc2ccc(C(=O)O)o2)c(F)c1. The summed E-state index contributed by atoms with van der Waals surface area (Å²) >= 11 is 0. The van der Waals surface area contributed by atoms with Crippen LogP contribution < -0.4 is 4.74 Å². The fourth-order valence-electron chi connectivity index (χ4n) is 2.69. The van der Waals surface area contributed by atoms with Gasteiger partial charge in [-0.25, -0.2) is 9.18 Å². The number of hydrogen-bond donors (Lipinski definition) is 1. The summed E-state index contributed by atoms with van der Waals surface area (Å²) < 4.78 is 25.1. The largest absolute Gasteiger partial charge is 0.489 e. The van der Waals surface area contributed by atoms with Gasteiger partial charge >= 0.3 is 5.97 Å². The van der Waals surface area contributed by atoms with Gasteiger partial charge in [0.25, 0.3) is 0 Å². The Kier molecular flexibility index (Phi) is 5.07. The predicted molar refractivity (Wildman–Crippen MR) is 95.1 cm³/mol. The predicted octanol–water partition coefficient (Wildman–Crippen LogP) is 4.90. The van der Waals surface area contributed by atoms with Crippen LogP contribution in [0, 0.1) is 19.7 Å². The van der Waals surface area contributed by atoms with Gasteiger partial charge in [-0.05, 0) is 43.7 Å². The normalized spacial score (nSPS) is 10.7. The van der Waals surface area contributed by atoms with E-state index in [0.29, 0.717) is 23.5 Å². The zero-order chi connectivity index (χ0) is 18.7. The molecule has 0 aliphatic rings. The van der Waals surface area contributed by atoms with Crippen LogP contribution in [0.2, 0.25) is 0 Å². The molecule has 0 spiro atoms. The molecule has 134 valence electrons. The number of ether oxygens (including phenoxy) is 1. The highest BCUT2D eigenvalue weighted by Gasteiger charge is 2.13. The second kappa shape index (κ2) is 7.44. The van der Waals surface area contributed by atoms with Crippen LogP contribution in [-0.2, 0) is 13.0 Å². The Labute approximate surface area is 150 Å². The van der Waals surface area contributed by atoms with Crippen LogP contribution in [0.15, 0.2) is 52.9 Å². The van der Waals surface area contributed by atoms with Crippen molar-refractivity contribution >= 4 is 5.97 Å². The molecule has 1 aromatic heterocycles. The summed E-state index contributed by atoms with van der Waals surface area (Å²) in [6.45, 7) is 3.90. The Bertz CT molecular complexity index is 943. The van der Waals surface area contributed by atoms with Gasteiger partial charge in [0.1, 0.15) is 23.9 Å². The van der Waals surface area contributed by atoms with Gasteiger partial charge in [0.05, 0.1) is 0 Å². The maximum atomic E-state index is 14.0. The number of halogens is 1. The van der Waals surface area contributed by atoms with Crippen molar-refractivity contribution in [1.82, 2.24) is 0 Å². The molecule has 0 aliphatic carbocycles. The summed E-state index contributed by atoms with van der Waals surface area (Å²) in [7, 11) is 0. The minimum Gasteiger partial charge on any atom is -0.489 e. The average molecular weight is 354 g/mol. The molecule has 26 heavy (non-hydrogen) atoms. The van der Waals surface area contributed by atoms with Crippen molar-refractivity contribution in [2.24, 2.45) is 0 Å². The van der Waals surface area contributed by atoms with Gasteiger partial charge in [0.2, 0.25) is 5.76 Å². The summed E-state index contributed by atoms with van der Waals surface area (Å²) in [6.07, 6.45) is 0.390. The number of aryl methyl sites for hydroxylation is 2. The van der Waals surface area contributed by atoms with E-state index in [4.69, 9.17) is 14.3 Å². The van der Waals surface area contributed by atoms with Crippen LogP contribution >= 0.6 is 0 Å². The number of carboxylic acid groups (broad SMARTS) is 1. The Morgan fingerprint density at radius 3 is 2.46 bits per heavy atom. The summed E-state index contributed by atoms with van der Waals surface area (Å²) in [4.78, 5) is 10.9. The lowest BCUT2D eigenvalue weighted by atomic mass is 10.1. The summed E-state index contributed by atoms with van der Waals surface area (Å²) in [5.74, 6) is -0.359. The molecule has 1 heterocycles. The molecular formula is C21H19FO4. The fourth-order valence-corrected chi connectivity index (χ4v) is 2.69. The molecular weight excluding hydrogens is 335 g/mol. The van der Waals surface area contributed by atoms with Crippen molar-refractivity contribution in [2.45, 2.75) is 26.9 Å². The van der Waals surface area contributed by atoms with Crippen LogP contribution in [-0.4, -0.2) is 11.1 Å². The molecule has 0 bridgehead atoms. The first-order valence-electron chi connectivity index (χ1n) is 8.22. The lowest BCUT2D eigenvalue weighted by Crippen LogP contribution is -2.02. The quantitative estimate of drug-likeness (QED) is 0.684. The second-order valence-electron chi connectivity index (χ2n) is 6.24. The van der Waals surface area contributed by atoms with Gasteiger partial charge in [-0.3, -0.25) is 0 Å². The number of benzene rings is 2. The van der Waals surface area contributed by atoms with Crippen molar-refractivity contribution in [2.75, 3.05) is 0 Å². The number of aromatic carboxylic acids is 1. The lowest BCUT2D eigenvalue weighted by Gasteiger charge is -2.12. The van der Waals surface area contributed by atoms with E-state index in [1.807, 2.05) is 38.1 Å². The molecule has 0 radical (unpaired) electrons. The van der Waals surface area contributed by atoms with Gasteiger partial charge in [-0.1, -0.05) is 29.8 Å². The highest BCUT2D eigenvalue weighted by atomic mass is 19.1. The molecule has 0 fully saturated rings. The van der Waals surface area contributed by atoms with Crippen molar-refractivity contribution in [3.8, 4) is 5.75 Å². The first-order chi connectivity index (χ1) is 12.4. The van der Waals surface area contributed by atoms with Crippen LogP contribution in [0.25, 0.3) is 0 Å². The number of furan rings is 1. The molecule has 0 saturated heterocycles. The molecule has 0 aliphatic heterocycles. The van der Waals surface area contributed by atoms with E-state index in [9.17, 15) is 9.18 Å². The summed E-state index contributed by atoms with van der Waals surface area (Å²) in [6, 6.07) is 13.8. The smallest absolute Gasteiger partial charge is 0.371 e. The van der Waals surface area contributed by atoms with Crippen molar-refractivity contribution in [1.29, 1.82) is 0 Å². The van der Waals surface area contributed by atoms with E-state index in [2.05, 4.69) is 0 Å². The van der Waals surface area contributed by atoms with E-state index in [1.165, 1.54) is 12.1 Å². The first-order valence-corrected chi connectivity index (χ1v) is 8.22. The molecule has 1 N–H and O–H groups in total. The van der Waals surface area contributed by atoms with E-state index in [1.54, 1.807) is 12.1 Å². The molecule has 0 amide bonds. The van der Waals surface area contributed by atoms with Crippen LogP contribution in [0.5, 0.6) is 5.75 Å². The molecule has 0 unspecified atom stereocenters. The first kappa shape index (κ1) is 17.7. The second-order valence-corrected chi connectivity index (χ2v) is 6.24. The maximum Gasteiger partial charge on any atom is 0.371 e. The standard InChI is InChI=1S/C21H19FO4/c1-13-4-7-19(25-12-15-5-3-14(2)10-18(15)22)16(9-13)11-17-6-8-20(26-17)21(23)24/h3-10H,11-12H2,1-2H3,(H,23,24). The van der Waals surface area contributed by atoms with E-state index >= 15 is 0 Å². The van der Waals surface area contributed by atoms with E-state index < -0.39 is 5.97 Å². The molecule has 0 saturated carbocycles. The van der Waals surface area contributed by atoms with E-state index in [0.717, 1.165) is 16.7 Å². The monoisotopic (exact) mass is 354 g/mol. The Hall–Kier alpha value is -3.08. The van der Waals surface area contributed by atoms with Crippen LogP contribution in [0.3, 0.4) is 0 Å².